The summed E-state index contributed by atoms with van der Waals surface area (Å²) in [7, 11) is 0. The molecule has 1 saturated heterocycles. The maximum absolute atomic E-state index is 12.3. The smallest absolute Gasteiger partial charge is 0.246 e. The topological polar surface area (TPSA) is 49.6 Å². The second kappa shape index (κ2) is 7.45. The minimum Gasteiger partial charge on any atom is -0.462 e. The fourth-order valence-electron chi connectivity index (χ4n) is 2.97. The molecule has 5 heteroatoms. The molecular weight excluding hydrogens is 302 g/mol. The molecule has 126 valence electrons. The molecule has 0 aromatic carbocycles. The van der Waals surface area contributed by atoms with Crippen LogP contribution in [-0.2, 0) is 4.79 Å². The Hall–Kier alpha value is -2.40. The Labute approximate surface area is 142 Å². The van der Waals surface area contributed by atoms with E-state index in [1.165, 1.54) is 5.56 Å². The number of furan rings is 1. The molecule has 0 saturated carbocycles. The van der Waals surface area contributed by atoms with E-state index in [1.807, 2.05) is 36.2 Å². The molecule has 0 bridgehead atoms. The van der Waals surface area contributed by atoms with Crippen LogP contribution in [0.2, 0.25) is 0 Å². The van der Waals surface area contributed by atoms with Crippen molar-refractivity contribution in [1.82, 2.24) is 14.8 Å². The van der Waals surface area contributed by atoms with Crippen molar-refractivity contribution in [2.24, 2.45) is 0 Å². The molecule has 1 atom stereocenters. The number of pyridine rings is 1. The summed E-state index contributed by atoms with van der Waals surface area (Å²) in [6, 6.07) is 8.14. The van der Waals surface area contributed by atoms with E-state index in [0.29, 0.717) is 11.8 Å². The average Bonchev–Trinajstić information content (AvgIpc) is 3.05. The van der Waals surface area contributed by atoms with Crippen LogP contribution in [0, 0.1) is 6.92 Å². The number of piperazine rings is 1. The summed E-state index contributed by atoms with van der Waals surface area (Å²) in [6.07, 6.45) is 7.04. The van der Waals surface area contributed by atoms with Gasteiger partial charge in [-0.1, -0.05) is 6.07 Å². The Morgan fingerprint density at radius 2 is 2.04 bits per heavy atom. The molecule has 0 spiro atoms. The number of carbonyl (C=O) groups excluding carboxylic acids is 1. The van der Waals surface area contributed by atoms with Crippen LogP contribution in [0.3, 0.4) is 0 Å². The number of aromatic nitrogens is 1. The maximum atomic E-state index is 12.3. The fourth-order valence-corrected chi connectivity index (χ4v) is 2.97. The summed E-state index contributed by atoms with van der Waals surface area (Å²) >= 11 is 0. The molecule has 3 rings (SSSR count). The van der Waals surface area contributed by atoms with Crippen LogP contribution in [0.4, 0.5) is 0 Å². The first kappa shape index (κ1) is 16.5. The molecule has 1 aliphatic heterocycles. The predicted octanol–water partition coefficient (Wildman–Crippen LogP) is 2.90. The van der Waals surface area contributed by atoms with E-state index < -0.39 is 0 Å². The van der Waals surface area contributed by atoms with Crippen molar-refractivity contribution in [1.29, 1.82) is 0 Å². The highest BCUT2D eigenvalue weighted by Crippen LogP contribution is 2.20. The molecule has 2 aromatic rings. The van der Waals surface area contributed by atoms with Gasteiger partial charge in [-0.15, -0.1) is 0 Å². The minimum absolute atomic E-state index is 0.0396. The van der Waals surface area contributed by atoms with Crippen molar-refractivity contribution in [3.8, 4) is 0 Å². The summed E-state index contributed by atoms with van der Waals surface area (Å²) in [5.74, 6) is 1.60. The molecule has 3 heterocycles. The number of hydrogen-bond acceptors (Lipinski definition) is 4. The molecule has 0 aliphatic carbocycles. The lowest BCUT2D eigenvalue weighted by Crippen LogP contribution is -2.48. The number of amides is 1. The van der Waals surface area contributed by atoms with Crippen molar-refractivity contribution in [3.63, 3.8) is 0 Å². The van der Waals surface area contributed by atoms with E-state index in [4.69, 9.17) is 4.42 Å². The molecule has 0 unspecified atom stereocenters. The first-order valence-corrected chi connectivity index (χ1v) is 8.31. The largest absolute Gasteiger partial charge is 0.462 e. The Morgan fingerprint density at radius 3 is 2.67 bits per heavy atom. The molecule has 5 nitrogen and oxygen atoms in total. The quantitative estimate of drug-likeness (QED) is 0.811. The number of hydrogen-bond donors (Lipinski definition) is 0. The Kier molecular flexibility index (Phi) is 5.11. The highest BCUT2D eigenvalue weighted by atomic mass is 16.3. The zero-order valence-corrected chi connectivity index (χ0v) is 14.2. The standard InChI is InChI=1S/C19H23N3O2/c1-15-5-6-18(24-15)7-8-19(23)22-12-10-21(11-13-22)16(2)17-4-3-9-20-14-17/h3-9,14,16H,10-13H2,1-2H3/b8-7+/t16-/m0/s1. The van der Waals surface area contributed by atoms with Crippen LogP contribution in [0.5, 0.6) is 0 Å². The SMILES string of the molecule is Cc1ccc(/C=C/C(=O)N2CCN([C@@H](C)c3cccnc3)CC2)o1. The average molecular weight is 325 g/mol. The predicted molar refractivity (Wildman–Crippen MR) is 93.3 cm³/mol. The number of rotatable bonds is 4. The van der Waals surface area contributed by atoms with Crippen molar-refractivity contribution in [2.75, 3.05) is 26.2 Å². The van der Waals surface area contributed by atoms with Gasteiger partial charge < -0.3 is 9.32 Å². The molecular formula is C19H23N3O2. The second-order valence-electron chi connectivity index (χ2n) is 6.11. The summed E-state index contributed by atoms with van der Waals surface area (Å²) in [5.41, 5.74) is 1.21. The van der Waals surface area contributed by atoms with Crippen molar-refractivity contribution >= 4 is 12.0 Å². The normalized spacial score (nSPS) is 17.3. The molecule has 1 aliphatic rings. The van der Waals surface area contributed by atoms with Crippen LogP contribution >= 0.6 is 0 Å². The van der Waals surface area contributed by atoms with E-state index in [9.17, 15) is 4.79 Å². The van der Waals surface area contributed by atoms with Gasteiger partial charge in [0.05, 0.1) is 0 Å². The van der Waals surface area contributed by atoms with Gasteiger partial charge in [-0.05, 0) is 43.7 Å². The summed E-state index contributed by atoms with van der Waals surface area (Å²) < 4.78 is 5.45. The van der Waals surface area contributed by atoms with Gasteiger partial charge in [0.1, 0.15) is 11.5 Å². The van der Waals surface area contributed by atoms with Gasteiger partial charge in [-0.2, -0.15) is 0 Å². The highest BCUT2D eigenvalue weighted by Gasteiger charge is 2.23. The molecule has 0 N–H and O–H groups in total. The van der Waals surface area contributed by atoms with Crippen LogP contribution < -0.4 is 0 Å². The first-order valence-electron chi connectivity index (χ1n) is 8.31. The first-order chi connectivity index (χ1) is 11.6. The van der Waals surface area contributed by atoms with E-state index in [1.54, 1.807) is 18.3 Å². The van der Waals surface area contributed by atoms with Crippen molar-refractivity contribution in [3.05, 3.63) is 59.8 Å². The van der Waals surface area contributed by atoms with Gasteiger partial charge in [0.2, 0.25) is 5.91 Å². The molecule has 2 aromatic heterocycles. The molecule has 1 fully saturated rings. The number of aryl methyl sites for hydroxylation is 1. The lowest BCUT2D eigenvalue weighted by atomic mass is 10.1. The van der Waals surface area contributed by atoms with E-state index in [-0.39, 0.29) is 5.91 Å². The van der Waals surface area contributed by atoms with E-state index in [0.717, 1.165) is 31.9 Å². The molecule has 24 heavy (non-hydrogen) atoms. The van der Waals surface area contributed by atoms with Crippen molar-refractivity contribution < 1.29 is 9.21 Å². The lowest BCUT2D eigenvalue weighted by Gasteiger charge is -2.37. The third-order valence-electron chi connectivity index (χ3n) is 4.49. The summed E-state index contributed by atoms with van der Waals surface area (Å²) in [5, 5.41) is 0. The Morgan fingerprint density at radius 1 is 1.25 bits per heavy atom. The van der Waals surface area contributed by atoms with Crippen molar-refractivity contribution in [2.45, 2.75) is 19.9 Å². The van der Waals surface area contributed by atoms with Crippen LogP contribution in [-0.4, -0.2) is 46.9 Å². The van der Waals surface area contributed by atoms with Gasteiger partial charge in [-0.3, -0.25) is 14.7 Å². The van der Waals surface area contributed by atoms with Crippen LogP contribution in [0.25, 0.3) is 6.08 Å². The minimum atomic E-state index is 0.0396. The highest BCUT2D eigenvalue weighted by molar-refractivity contribution is 5.91. The van der Waals surface area contributed by atoms with Gasteiger partial charge in [0, 0.05) is 50.7 Å². The van der Waals surface area contributed by atoms with Gasteiger partial charge in [0.25, 0.3) is 0 Å². The van der Waals surface area contributed by atoms with Gasteiger partial charge in [-0.25, -0.2) is 0 Å². The summed E-state index contributed by atoms with van der Waals surface area (Å²) in [6.45, 7) is 7.30. The van der Waals surface area contributed by atoms with Crippen LogP contribution in [0.1, 0.15) is 30.0 Å². The maximum Gasteiger partial charge on any atom is 0.246 e. The zero-order valence-electron chi connectivity index (χ0n) is 14.2. The van der Waals surface area contributed by atoms with E-state index >= 15 is 0 Å². The lowest BCUT2D eigenvalue weighted by molar-refractivity contribution is -0.127. The van der Waals surface area contributed by atoms with E-state index in [2.05, 4.69) is 22.9 Å². The molecule has 1 amide bonds. The van der Waals surface area contributed by atoms with Crippen LogP contribution in [0.15, 0.2) is 47.2 Å². The fraction of sp³-hybridized carbons (Fsp3) is 0.368. The molecule has 0 radical (unpaired) electrons. The number of carbonyl (C=O) groups is 1. The third kappa shape index (κ3) is 3.92. The second-order valence-corrected chi connectivity index (χ2v) is 6.11. The van der Waals surface area contributed by atoms with Gasteiger partial charge in [0.15, 0.2) is 0 Å². The third-order valence-corrected chi connectivity index (χ3v) is 4.49. The number of nitrogens with zero attached hydrogens (tertiary/aromatic N) is 3. The Bertz CT molecular complexity index is 700. The monoisotopic (exact) mass is 325 g/mol. The summed E-state index contributed by atoms with van der Waals surface area (Å²) in [4.78, 5) is 20.8. The zero-order chi connectivity index (χ0) is 16.9. The van der Waals surface area contributed by atoms with Gasteiger partial charge >= 0.3 is 0 Å². The Balaban J connectivity index is 1.53.